The van der Waals surface area contributed by atoms with E-state index in [-0.39, 0.29) is 24.0 Å². The number of pyridine rings is 1. The molecule has 0 aromatic carbocycles. The third-order valence-corrected chi connectivity index (χ3v) is 4.01. The van der Waals surface area contributed by atoms with Crippen LogP contribution >= 0.6 is 24.0 Å². The smallest absolute Gasteiger partial charge is 0.407 e. The monoisotopic (exact) mass is 504 g/mol. The van der Waals surface area contributed by atoms with Gasteiger partial charge in [0.25, 0.3) is 0 Å². The Hall–Kier alpha value is -1.78. The largest absolute Gasteiger partial charge is 0.444 e. The van der Waals surface area contributed by atoms with Crippen LogP contribution in [0, 0.1) is 0 Å². The highest BCUT2D eigenvalue weighted by molar-refractivity contribution is 14.0. The topological polar surface area (TPSA) is 90.9 Å². The summed E-state index contributed by atoms with van der Waals surface area (Å²) in [6.07, 6.45) is 3.97. The van der Waals surface area contributed by atoms with Crippen LogP contribution in [0.1, 0.15) is 39.2 Å². The molecule has 1 aromatic heterocycles. The maximum atomic E-state index is 11.6. The summed E-state index contributed by atoms with van der Waals surface area (Å²) in [4.78, 5) is 22.6. The fourth-order valence-corrected chi connectivity index (χ4v) is 2.72. The van der Waals surface area contributed by atoms with Crippen LogP contribution in [0.3, 0.4) is 0 Å². The highest BCUT2D eigenvalue weighted by Crippen LogP contribution is 2.17. The summed E-state index contributed by atoms with van der Waals surface area (Å²) in [5.74, 6) is 1.72. The Kier molecular flexibility index (Phi) is 10.3. The lowest BCUT2D eigenvalue weighted by molar-refractivity contribution is 0.0529. The van der Waals surface area contributed by atoms with Gasteiger partial charge in [0.2, 0.25) is 0 Å². The maximum Gasteiger partial charge on any atom is 0.407 e. The lowest BCUT2D eigenvalue weighted by Crippen LogP contribution is -2.42. The number of hydrogen-bond donors (Lipinski definition) is 3. The maximum absolute atomic E-state index is 11.6. The minimum atomic E-state index is -0.493. The van der Waals surface area contributed by atoms with Gasteiger partial charge in [-0.2, -0.15) is 0 Å². The Morgan fingerprint density at radius 2 is 1.86 bits per heavy atom. The molecule has 1 aliphatic heterocycles. The number of nitrogens with one attached hydrogen (secondary N) is 3. The molecular formula is C19H33IN6O2. The first-order valence-electron chi connectivity index (χ1n) is 9.48. The number of carbonyl (C=O) groups is 1. The van der Waals surface area contributed by atoms with Gasteiger partial charge in [0.15, 0.2) is 5.96 Å². The van der Waals surface area contributed by atoms with Crippen molar-refractivity contribution >= 4 is 41.8 Å². The summed E-state index contributed by atoms with van der Waals surface area (Å²) in [5, 5.41) is 9.10. The number of halogens is 1. The molecule has 0 bridgehead atoms. The zero-order valence-electron chi connectivity index (χ0n) is 17.2. The van der Waals surface area contributed by atoms with E-state index < -0.39 is 11.7 Å². The first-order chi connectivity index (χ1) is 12.9. The lowest BCUT2D eigenvalue weighted by atomic mass is 10.2. The van der Waals surface area contributed by atoms with Crippen LogP contribution in [0.4, 0.5) is 10.6 Å². The zero-order valence-corrected chi connectivity index (χ0v) is 19.6. The normalized spacial score (nSPS) is 14.3. The number of carbonyl (C=O) groups excluding carboxylic acids is 1. The number of nitrogens with zero attached hydrogens (tertiary/aromatic N) is 3. The van der Waals surface area contributed by atoms with Crippen LogP contribution in [0.5, 0.6) is 0 Å². The summed E-state index contributed by atoms with van der Waals surface area (Å²) >= 11 is 0. The highest BCUT2D eigenvalue weighted by atomic mass is 127. The molecule has 0 unspecified atom stereocenters. The Labute approximate surface area is 184 Å². The van der Waals surface area contributed by atoms with Crippen molar-refractivity contribution in [1.82, 2.24) is 20.9 Å². The Morgan fingerprint density at radius 1 is 1.18 bits per heavy atom. The number of ether oxygens (including phenoxy) is 1. The molecule has 158 valence electrons. The number of rotatable bonds is 6. The number of aromatic nitrogens is 1. The van der Waals surface area contributed by atoms with Crippen molar-refractivity contribution in [3.05, 3.63) is 23.9 Å². The van der Waals surface area contributed by atoms with Crippen LogP contribution in [0.25, 0.3) is 0 Å². The number of anilines is 1. The molecule has 0 aliphatic carbocycles. The molecule has 1 aromatic rings. The summed E-state index contributed by atoms with van der Waals surface area (Å²) in [6, 6.07) is 4.16. The van der Waals surface area contributed by atoms with E-state index in [1.807, 2.05) is 27.0 Å². The van der Waals surface area contributed by atoms with Crippen molar-refractivity contribution in [2.75, 3.05) is 38.1 Å². The summed E-state index contributed by atoms with van der Waals surface area (Å²) in [6.45, 7) is 9.32. The van der Waals surface area contributed by atoms with E-state index in [1.165, 1.54) is 12.8 Å². The van der Waals surface area contributed by atoms with Crippen LogP contribution in [-0.4, -0.2) is 55.9 Å². The minimum Gasteiger partial charge on any atom is -0.444 e. The SMILES string of the molecule is CN=C(NCCNC(=O)OC(C)(C)C)NCc1ccc(N2CCCC2)nc1.I. The molecule has 2 heterocycles. The molecule has 1 saturated heterocycles. The molecule has 1 aliphatic rings. The van der Waals surface area contributed by atoms with Crippen molar-refractivity contribution in [2.24, 2.45) is 4.99 Å². The Bertz CT molecular complexity index is 624. The third-order valence-electron chi connectivity index (χ3n) is 4.01. The molecule has 9 heteroatoms. The second-order valence-electron chi connectivity index (χ2n) is 7.50. The van der Waals surface area contributed by atoms with Crippen molar-refractivity contribution in [2.45, 2.75) is 45.8 Å². The van der Waals surface area contributed by atoms with Crippen molar-refractivity contribution in [1.29, 1.82) is 0 Å². The molecule has 0 radical (unpaired) electrons. The van der Waals surface area contributed by atoms with Gasteiger partial charge in [-0.3, -0.25) is 4.99 Å². The van der Waals surface area contributed by atoms with E-state index in [0.717, 1.165) is 24.5 Å². The predicted octanol–water partition coefficient (Wildman–Crippen LogP) is 2.49. The second-order valence-corrected chi connectivity index (χ2v) is 7.50. The zero-order chi connectivity index (χ0) is 19.7. The number of aliphatic imine (C=N–C) groups is 1. The molecule has 3 N–H and O–H groups in total. The van der Waals surface area contributed by atoms with E-state index >= 15 is 0 Å². The predicted molar refractivity (Wildman–Crippen MR) is 124 cm³/mol. The molecule has 1 amide bonds. The number of amides is 1. The molecule has 2 rings (SSSR count). The van der Waals surface area contributed by atoms with Gasteiger partial charge in [-0.05, 0) is 45.2 Å². The van der Waals surface area contributed by atoms with Crippen LogP contribution in [0.2, 0.25) is 0 Å². The summed E-state index contributed by atoms with van der Waals surface area (Å²) in [7, 11) is 1.71. The average Bonchev–Trinajstić information content (AvgIpc) is 3.15. The van der Waals surface area contributed by atoms with Gasteiger partial charge in [0.05, 0.1) is 0 Å². The van der Waals surface area contributed by atoms with Gasteiger partial charge < -0.3 is 25.6 Å². The van der Waals surface area contributed by atoms with Gasteiger partial charge in [-0.1, -0.05) is 6.07 Å². The van der Waals surface area contributed by atoms with E-state index in [9.17, 15) is 4.79 Å². The van der Waals surface area contributed by atoms with Crippen LogP contribution < -0.4 is 20.9 Å². The average molecular weight is 504 g/mol. The molecule has 8 nitrogen and oxygen atoms in total. The quantitative estimate of drug-likeness (QED) is 0.239. The molecule has 1 fully saturated rings. The van der Waals surface area contributed by atoms with Crippen molar-refractivity contribution < 1.29 is 9.53 Å². The van der Waals surface area contributed by atoms with E-state index in [0.29, 0.717) is 25.6 Å². The summed E-state index contributed by atoms with van der Waals surface area (Å²) in [5.41, 5.74) is 0.598. The van der Waals surface area contributed by atoms with E-state index in [1.54, 1.807) is 7.05 Å². The molecule has 0 atom stereocenters. The lowest BCUT2D eigenvalue weighted by Gasteiger charge is -2.20. The summed E-state index contributed by atoms with van der Waals surface area (Å²) < 4.78 is 5.19. The first-order valence-corrected chi connectivity index (χ1v) is 9.48. The molecular weight excluding hydrogens is 471 g/mol. The van der Waals surface area contributed by atoms with E-state index in [4.69, 9.17) is 4.74 Å². The highest BCUT2D eigenvalue weighted by Gasteiger charge is 2.15. The number of guanidine groups is 1. The fraction of sp³-hybridized carbons (Fsp3) is 0.632. The number of hydrogen-bond acceptors (Lipinski definition) is 5. The second kappa shape index (κ2) is 11.9. The molecule has 0 spiro atoms. The Balaban J connectivity index is 0.00000392. The standard InChI is InChI=1S/C19H32N6O2.HI/c1-19(2,3)27-18(26)22-10-9-21-17(20-4)24-14-15-7-8-16(23-13-15)25-11-5-6-12-25;/h7-8,13H,5-6,9-12,14H2,1-4H3,(H,22,26)(H2,20,21,24);1H. The van der Waals surface area contributed by atoms with E-state index in [2.05, 4.69) is 43.0 Å². The van der Waals surface area contributed by atoms with Gasteiger partial charge in [-0.15, -0.1) is 24.0 Å². The fourth-order valence-electron chi connectivity index (χ4n) is 2.72. The molecule has 0 saturated carbocycles. The third kappa shape index (κ3) is 8.94. The Morgan fingerprint density at radius 3 is 2.43 bits per heavy atom. The van der Waals surface area contributed by atoms with Gasteiger partial charge in [0.1, 0.15) is 11.4 Å². The molecule has 28 heavy (non-hydrogen) atoms. The van der Waals surface area contributed by atoms with Gasteiger partial charge in [0, 0.05) is 46.0 Å². The minimum absolute atomic E-state index is 0. The number of alkyl carbamates (subject to hydrolysis) is 1. The van der Waals surface area contributed by atoms with Crippen molar-refractivity contribution in [3.63, 3.8) is 0 Å². The van der Waals surface area contributed by atoms with Gasteiger partial charge in [-0.25, -0.2) is 9.78 Å². The van der Waals surface area contributed by atoms with Crippen LogP contribution in [0.15, 0.2) is 23.3 Å². The first kappa shape index (κ1) is 24.3. The van der Waals surface area contributed by atoms with Crippen molar-refractivity contribution in [3.8, 4) is 0 Å². The van der Waals surface area contributed by atoms with Gasteiger partial charge >= 0.3 is 6.09 Å². The van der Waals surface area contributed by atoms with Crippen LogP contribution in [-0.2, 0) is 11.3 Å².